The Labute approximate surface area is 104 Å². The highest BCUT2D eigenvalue weighted by molar-refractivity contribution is 5.87. The summed E-state index contributed by atoms with van der Waals surface area (Å²) in [7, 11) is 1.84. The molecule has 0 bridgehead atoms. The maximum absolute atomic E-state index is 4.45. The normalized spacial score (nSPS) is 10.8. The van der Waals surface area contributed by atoms with Crippen LogP contribution in [0.1, 0.15) is 5.82 Å². The van der Waals surface area contributed by atoms with Crippen molar-refractivity contribution in [3.63, 3.8) is 0 Å². The van der Waals surface area contributed by atoms with E-state index >= 15 is 0 Å². The number of aromatic nitrogens is 5. The number of anilines is 1. The van der Waals surface area contributed by atoms with Crippen molar-refractivity contribution in [3.05, 3.63) is 36.5 Å². The van der Waals surface area contributed by atoms with Crippen LogP contribution in [0.3, 0.4) is 0 Å². The molecule has 3 heterocycles. The third kappa shape index (κ3) is 1.58. The summed E-state index contributed by atoms with van der Waals surface area (Å²) in [6.07, 6.45) is 5.23. The van der Waals surface area contributed by atoms with Crippen molar-refractivity contribution in [1.29, 1.82) is 0 Å². The molecule has 0 fully saturated rings. The van der Waals surface area contributed by atoms with Gasteiger partial charge in [0.25, 0.3) is 0 Å². The zero-order chi connectivity index (χ0) is 12.5. The Morgan fingerprint density at radius 3 is 2.67 bits per heavy atom. The quantitative estimate of drug-likeness (QED) is 0.736. The number of nitrogens with one attached hydrogen (secondary N) is 1. The maximum atomic E-state index is 4.45. The van der Waals surface area contributed by atoms with Gasteiger partial charge in [-0.3, -0.25) is 4.98 Å². The molecule has 90 valence electrons. The molecule has 0 aliphatic carbocycles. The van der Waals surface area contributed by atoms with E-state index in [4.69, 9.17) is 0 Å². The third-order valence-corrected chi connectivity index (χ3v) is 2.68. The SMILES string of the molecule is CNc1nc(C)nc2c1cnn2-c1ccncc1. The van der Waals surface area contributed by atoms with Gasteiger partial charge in [-0.25, -0.2) is 14.6 Å². The molecule has 0 atom stereocenters. The Morgan fingerprint density at radius 2 is 1.94 bits per heavy atom. The molecule has 0 radical (unpaired) electrons. The van der Waals surface area contributed by atoms with Crippen molar-refractivity contribution in [3.8, 4) is 5.69 Å². The molecule has 3 aromatic rings. The third-order valence-electron chi connectivity index (χ3n) is 2.68. The highest BCUT2D eigenvalue weighted by Crippen LogP contribution is 2.21. The second-order valence-corrected chi connectivity index (χ2v) is 3.87. The molecule has 6 nitrogen and oxygen atoms in total. The van der Waals surface area contributed by atoms with E-state index in [1.807, 2.05) is 26.1 Å². The Bertz CT molecular complexity index is 688. The van der Waals surface area contributed by atoms with Gasteiger partial charge in [-0.15, -0.1) is 0 Å². The lowest BCUT2D eigenvalue weighted by molar-refractivity contribution is 0.887. The highest BCUT2D eigenvalue weighted by Gasteiger charge is 2.11. The summed E-state index contributed by atoms with van der Waals surface area (Å²) in [5, 5.41) is 8.32. The number of pyridine rings is 1. The molecule has 0 aliphatic rings. The fraction of sp³-hybridized carbons (Fsp3) is 0.167. The minimum absolute atomic E-state index is 0.711. The average Bonchev–Trinajstić information content (AvgIpc) is 2.82. The van der Waals surface area contributed by atoms with Crippen LogP contribution < -0.4 is 5.32 Å². The first-order chi connectivity index (χ1) is 8.79. The van der Waals surface area contributed by atoms with Crippen molar-refractivity contribution in [2.45, 2.75) is 6.92 Å². The van der Waals surface area contributed by atoms with Crippen LogP contribution in [-0.2, 0) is 0 Å². The fourth-order valence-electron chi connectivity index (χ4n) is 1.88. The summed E-state index contributed by atoms with van der Waals surface area (Å²) < 4.78 is 1.78. The van der Waals surface area contributed by atoms with Crippen LogP contribution in [0.25, 0.3) is 16.7 Å². The zero-order valence-corrected chi connectivity index (χ0v) is 10.1. The van der Waals surface area contributed by atoms with E-state index in [1.165, 1.54) is 0 Å². The molecule has 0 saturated heterocycles. The molecule has 18 heavy (non-hydrogen) atoms. The van der Waals surface area contributed by atoms with Gasteiger partial charge in [0.1, 0.15) is 11.6 Å². The maximum Gasteiger partial charge on any atom is 0.168 e. The van der Waals surface area contributed by atoms with Gasteiger partial charge >= 0.3 is 0 Å². The minimum atomic E-state index is 0.711. The minimum Gasteiger partial charge on any atom is -0.372 e. The smallest absolute Gasteiger partial charge is 0.168 e. The van der Waals surface area contributed by atoms with Gasteiger partial charge in [-0.1, -0.05) is 0 Å². The van der Waals surface area contributed by atoms with Gasteiger partial charge in [-0.05, 0) is 19.1 Å². The molecule has 0 aliphatic heterocycles. The molecule has 3 rings (SSSR count). The van der Waals surface area contributed by atoms with Crippen molar-refractivity contribution in [1.82, 2.24) is 24.7 Å². The largest absolute Gasteiger partial charge is 0.372 e. The number of rotatable bonds is 2. The molecule has 6 heteroatoms. The topological polar surface area (TPSA) is 68.5 Å². The Kier molecular flexibility index (Phi) is 2.40. The van der Waals surface area contributed by atoms with Crippen LogP contribution in [0.15, 0.2) is 30.7 Å². The molecule has 0 saturated carbocycles. The van der Waals surface area contributed by atoms with E-state index in [0.717, 1.165) is 22.5 Å². The molecule has 0 aromatic carbocycles. The van der Waals surface area contributed by atoms with Crippen LogP contribution in [0.4, 0.5) is 5.82 Å². The molecule has 0 spiro atoms. The van der Waals surface area contributed by atoms with Gasteiger partial charge in [-0.2, -0.15) is 5.10 Å². The predicted molar refractivity (Wildman–Crippen MR) is 68.7 cm³/mol. The van der Waals surface area contributed by atoms with Gasteiger partial charge in [0.2, 0.25) is 0 Å². The number of fused-ring (bicyclic) bond motifs is 1. The van der Waals surface area contributed by atoms with Crippen molar-refractivity contribution >= 4 is 16.9 Å². The highest BCUT2D eigenvalue weighted by atomic mass is 15.3. The lowest BCUT2D eigenvalue weighted by atomic mass is 10.3. The van der Waals surface area contributed by atoms with Gasteiger partial charge in [0.05, 0.1) is 17.3 Å². The van der Waals surface area contributed by atoms with E-state index < -0.39 is 0 Å². The molecule has 1 N–H and O–H groups in total. The Hall–Kier alpha value is -2.50. The molecular weight excluding hydrogens is 228 g/mol. The number of nitrogens with zero attached hydrogens (tertiary/aromatic N) is 5. The second-order valence-electron chi connectivity index (χ2n) is 3.87. The van der Waals surface area contributed by atoms with Crippen LogP contribution in [0, 0.1) is 6.92 Å². The van der Waals surface area contributed by atoms with E-state index in [1.54, 1.807) is 23.3 Å². The summed E-state index contributed by atoms with van der Waals surface area (Å²) in [4.78, 5) is 12.8. The average molecular weight is 240 g/mol. The van der Waals surface area contributed by atoms with E-state index in [9.17, 15) is 0 Å². The molecule has 0 unspecified atom stereocenters. The van der Waals surface area contributed by atoms with Crippen molar-refractivity contribution in [2.75, 3.05) is 12.4 Å². The van der Waals surface area contributed by atoms with E-state index in [0.29, 0.717) is 5.82 Å². The Balaban J connectivity index is 2.30. The van der Waals surface area contributed by atoms with E-state index in [2.05, 4.69) is 25.4 Å². The van der Waals surface area contributed by atoms with E-state index in [-0.39, 0.29) is 0 Å². The monoisotopic (exact) mass is 240 g/mol. The van der Waals surface area contributed by atoms with Crippen LogP contribution in [0.2, 0.25) is 0 Å². The number of aryl methyl sites for hydroxylation is 1. The summed E-state index contributed by atoms with van der Waals surface area (Å²) >= 11 is 0. The van der Waals surface area contributed by atoms with Gasteiger partial charge in [0, 0.05) is 19.4 Å². The van der Waals surface area contributed by atoms with Gasteiger partial charge < -0.3 is 5.32 Å². The molecule has 0 amide bonds. The van der Waals surface area contributed by atoms with Crippen LogP contribution >= 0.6 is 0 Å². The molecule has 3 aromatic heterocycles. The summed E-state index contributed by atoms with van der Waals surface area (Å²) in [6.45, 7) is 1.87. The molecular formula is C12H12N6. The predicted octanol–water partition coefficient (Wildman–Crippen LogP) is 1.56. The first-order valence-corrected chi connectivity index (χ1v) is 5.60. The first-order valence-electron chi connectivity index (χ1n) is 5.60. The van der Waals surface area contributed by atoms with Crippen molar-refractivity contribution < 1.29 is 0 Å². The summed E-state index contributed by atoms with van der Waals surface area (Å²) in [5.74, 6) is 1.50. The summed E-state index contributed by atoms with van der Waals surface area (Å²) in [6, 6.07) is 3.78. The van der Waals surface area contributed by atoms with Crippen molar-refractivity contribution in [2.24, 2.45) is 0 Å². The number of hydrogen-bond donors (Lipinski definition) is 1. The lowest BCUT2D eigenvalue weighted by Gasteiger charge is -2.04. The Morgan fingerprint density at radius 1 is 1.17 bits per heavy atom. The zero-order valence-electron chi connectivity index (χ0n) is 10.1. The number of hydrogen-bond acceptors (Lipinski definition) is 5. The van der Waals surface area contributed by atoms with Crippen LogP contribution in [0.5, 0.6) is 0 Å². The standard InChI is InChI=1S/C12H12N6/c1-8-16-11(13-2)10-7-15-18(12(10)17-8)9-3-5-14-6-4-9/h3-7H,1-2H3,(H,13,16,17). The summed E-state index contributed by atoms with van der Waals surface area (Å²) in [5.41, 5.74) is 1.72. The van der Waals surface area contributed by atoms with Gasteiger partial charge in [0.15, 0.2) is 5.65 Å². The first kappa shape index (κ1) is 10.6. The second kappa shape index (κ2) is 4.06. The fourth-order valence-corrected chi connectivity index (χ4v) is 1.88. The lowest BCUT2D eigenvalue weighted by Crippen LogP contribution is -2.01. The van der Waals surface area contributed by atoms with Crippen LogP contribution in [-0.4, -0.2) is 31.8 Å².